The fourth-order valence-corrected chi connectivity index (χ4v) is 3.34. The van der Waals surface area contributed by atoms with Gasteiger partial charge in [0.1, 0.15) is 5.76 Å². The first-order valence-electron chi connectivity index (χ1n) is 6.49. The molecule has 1 aromatic heterocycles. The number of amides is 1. The molecular formula is C16H11NO3S2. The highest BCUT2D eigenvalue weighted by Crippen LogP contribution is 2.36. The first kappa shape index (κ1) is 14.7. The van der Waals surface area contributed by atoms with Crippen LogP contribution in [0.25, 0.3) is 6.08 Å². The summed E-state index contributed by atoms with van der Waals surface area (Å²) >= 11 is 6.51. The van der Waals surface area contributed by atoms with Crippen LogP contribution in [0.4, 0.5) is 5.69 Å². The molecule has 2 heterocycles. The number of anilines is 1. The summed E-state index contributed by atoms with van der Waals surface area (Å²) in [5.74, 6) is 0.323. The van der Waals surface area contributed by atoms with Crippen molar-refractivity contribution >= 4 is 51.8 Å². The van der Waals surface area contributed by atoms with Crippen molar-refractivity contribution in [2.45, 2.75) is 6.92 Å². The van der Waals surface area contributed by atoms with Crippen LogP contribution >= 0.6 is 24.0 Å². The van der Waals surface area contributed by atoms with Crippen LogP contribution in [0.5, 0.6) is 0 Å². The van der Waals surface area contributed by atoms with Crippen molar-refractivity contribution in [2.75, 3.05) is 4.90 Å². The minimum atomic E-state index is -0.216. The van der Waals surface area contributed by atoms with Crippen LogP contribution in [-0.4, -0.2) is 16.0 Å². The van der Waals surface area contributed by atoms with Crippen molar-refractivity contribution < 1.29 is 14.0 Å². The Balaban J connectivity index is 1.95. The molecule has 1 aliphatic heterocycles. The SMILES string of the molecule is CC(=O)c1cccc(N2C(=O)/C(=C\c3ccco3)SC2=S)c1. The lowest BCUT2D eigenvalue weighted by Crippen LogP contribution is -2.27. The molecule has 0 N–H and O–H groups in total. The van der Waals surface area contributed by atoms with Gasteiger partial charge in [-0.1, -0.05) is 36.1 Å². The van der Waals surface area contributed by atoms with Gasteiger partial charge in [-0.25, -0.2) is 0 Å². The van der Waals surface area contributed by atoms with Crippen molar-refractivity contribution in [3.63, 3.8) is 0 Å². The third kappa shape index (κ3) is 2.75. The second-order valence-electron chi connectivity index (χ2n) is 4.64. The number of hydrogen-bond acceptors (Lipinski definition) is 5. The van der Waals surface area contributed by atoms with E-state index in [0.717, 1.165) is 0 Å². The average molecular weight is 329 g/mol. The first-order valence-corrected chi connectivity index (χ1v) is 7.71. The molecule has 1 saturated heterocycles. The molecule has 0 atom stereocenters. The number of Topliss-reactive ketones (excluding diaryl/α,β-unsaturated/α-hetero) is 1. The third-order valence-electron chi connectivity index (χ3n) is 3.12. The highest BCUT2D eigenvalue weighted by Gasteiger charge is 2.33. The molecule has 1 fully saturated rings. The fraction of sp³-hybridized carbons (Fsp3) is 0.0625. The van der Waals surface area contributed by atoms with Crippen molar-refractivity contribution in [1.29, 1.82) is 0 Å². The zero-order valence-electron chi connectivity index (χ0n) is 11.6. The minimum Gasteiger partial charge on any atom is -0.465 e. The van der Waals surface area contributed by atoms with E-state index >= 15 is 0 Å². The molecule has 6 heteroatoms. The van der Waals surface area contributed by atoms with Gasteiger partial charge in [0, 0.05) is 11.6 Å². The molecule has 0 aliphatic carbocycles. The molecule has 0 bridgehead atoms. The van der Waals surface area contributed by atoms with Gasteiger partial charge in [0.25, 0.3) is 5.91 Å². The highest BCUT2D eigenvalue weighted by molar-refractivity contribution is 8.27. The van der Waals surface area contributed by atoms with Crippen molar-refractivity contribution in [3.05, 3.63) is 58.9 Å². The molecule has 1 aliphatic rings. The number of rotatable bonds is 3. The Bertz CT molecular complexity index is 793. The molecule has 2 aromatic rings. The van der Waals surface area contributed by atoms with Crippen LogP contribution in [-0.2, 0) is 4.79 Å². The number of carbonyl (C=O) groups is 2. The summed E-state index contributed by atoms with van der Waals surface area (Å²) < 4.78 is 5.66. The summed E-state index contributed by atoms with van der Waals surface area (Å²) in [6.07, 6.45) is 3.21. The van der Waals surface area contributed by atoms with Gasteiger partial charge in [0.2, 0.25) is 0 Å². The van der Waals surface area contributed by atoms with Crippen molar-refractivity contribution in [1.82, 2.24) is 0 Å². The zero-order valence-corrected chi connectivity index (χ0v) is 13.2. The van der Waals surface area contributed by atoms with Gasteiger partial charge < -0.3 is 4.42 Å². The van der Waals surface area contributed by atoms with Gasteiger partial charge >= 0.3 is 0 Å². The number of nitrogens with zero attached hydrogens (tertiary/aromatic N) is 1. The maximum Gasteiger partial charge on any atom is 0.270 e. The predicted molar refractivity (Wildman–Crippen MR) is 90.8 cm³/mol. The minimum absolute atomic E-state index is 0.0570. The molecule has 0 unspecified atom stereocenters. The number of carbonyl (C=O) groups excluding carboxylic acids is 2. The predicted octanol–water partition coefficient (Wildman–Crippen LogP) is 3.89. The standard InChI is InChI=1S/C16H11NO3S2/c1-10(18)11-4-2-5-12(8-11)17-15(19)14(22-16(17)21)9-13-6-3-7-20-13/h2-9H,1H3/b14-9+. The van der Waals surface area contributed by atoms with Gasteiger partial charge in [-0.05, 0) is 31.2 Å². The molecule has 0 spiro atoms. The summed E-state index contributed by atoms with van der Waals surface area (Å²) in [5, 5.41) is 0. The molecule has 110 valence electrons. The summed E-state index contributed by atoms with van der Waals surface area (Å²) in [7, 11) is 0. The van der Waals surface area contributed by atoms with Gasteiger partial charge in [0.05, 0.1) is 16.9 Å². The second kappa shape index (κ2) is 5.90. The largest absolute Gasteiger partial charge is 0.465 e. The third-order valence-corrected chi connectivity index (χ3v) is 4.42. The lowest BCUT2D eigenvalue weighted by molar-refractivity contribution is -0.113. The van der Waals surface area contributed by atoms with E-state index in [2.05, 4.69) is 0 Å². The molecule has 22 heavy (non-hydrogen) atoms. The monoisotopic (exact) mass is 329 g/mol. The Hall–Kier alpha value is -2.18. The number of thiocarbonyl (C=S) groups is 1. The van der Waals surface area contributed by atoms with Gasteiger partial charge in [0.15, 0.2) is 10.1 Å². The smallest absolute Gasteiger partial charge is 0.270 e. The molecule has 4 nitrogen and oxygen atoms in total. The topological polar surface area (TPSA) is 50.5 Å². The van der Waals surface area contributed by atoms with Gasteiger partial charge in [-0.3, -0.25) is 14.5 Å². The van der Waals surface area contributed by atoms with Crippen molar-refractivity contribution in [2.24, 2.45) is 0 Å². The Labute approximate surface area is 136 Å². The molecule has 3 rings (SSSR count). The first-order chi connectivity index (χ1) is 10.6. The zero-order chi connectivity index (χ0) is 15.7. The quantitative estimate of drug-likeness (QED) is 0.486. The van der Waals surface area contributed by atoms with Crippen LogP contribution < -0.4 is 4.90 Å². The maximum absolute atomic E-state index is 12.5. The normalized spacial score (nSPS) is 16.6. The lowest BCUT2D eigenvalue weighted by Gasteiger charge is -2.15. The van der Waals surface area contributed by atoms with Gasteiger partial charge in [-0.2, -0.15) is 0 Å². The van der Waals surface area contributed by atoms with Crippen LogP contribution in [0.1, 0.15) is 23.0 Å². The van der Waals surface area contributed by atoms with E-state index in [-0.39, 0.29) is 11.7 Å². The lowest BCUT2D eigenvalue weighted by atomic mass is 10.1. The number of benzene rings is 1. The molecular weight excluding hydrogens is 318 g/mol. The molecule has 1 aromatic carbocycles. The van der Waals surface area contributed by atoms with E-state index in [1.165, 1.54) is 23.6 Å². The van der Waals surface area contributed by atoms with Gasteiger partial charge in [-0.15, -0.1) is 0 Å². The van der Waals surface area contributed by atoms with Crippen LogP contribution in [0.3, 0.4) is 0 Å². The maximum atomic E-state index is 12.5. The summed E-state index contributed by atoms with van der Waals surface area (Å²) in [6.45, 7) is 1.49. The molecule has 1 amide bonds. The number of ketones is 1. The molecule has 0 radical (unpaired) electrons. The fourth-order valence-electron chi connectivity index (χ4n) is 2.06. The van der Waals surface area contributed by atoms with E-state index in [9.17, 15) is 9.59 Å². The Morgan fingerprint density at radius 2 is 2.14 bits per heavy atom. The van der Waals surface area contributed by atoms with E-state index < -0.39 is 0 Å². The van der Waals surface area contributed by atoms with Crippen LogP contribution in [0, 0.1) is 0 Å². The second-order valence-corrected chi connectivity index (χ2v) is 6.31. The average Bonchev–Trinajstić information content (AvgIpc) is 3.08. The number of thioether (sulfide) groups is 1. The summed E-state index contributed by atoms with van der Waals surface area (Å²) in [6, 6.07) is 10.4. The van der Waals surface area contributed by atoms with Crippen molar-refractivity contribution in [3.8, 4) is 0 Å². The number of furan rings is 1. The summed E-state index contributed by atoms with van der Waals surface area (Å²) in [5.41, 5.74) is 1.14. The van der Waals surface area contributed by atoms with E-state index in [1.54, 1.807) is 48.7 Å². The van der Waals surface area contributed by atoms with Crippen LogP contribution in [0.15, 0.2) is 52.0 Å². The van der Waals surface area contributed by atoms with Crippen LogP contribution in [0.2, 0.25) is 0 Å². The Kier molecular flexibility index (Phi) is 3.96. The molecule has 0 saturated carbocycles. The highest BCUT2D eigenvalue weighted by atomic mass is 32.2. The Morgan fingerprint density at radius 3 is 2.82 bits per heavy atom. The van der Waals surface area contributed by atoms with E-state index in [0.29, 0.717) is 26.2 Å². The van der Waals surface area contributed by atoms with E-state index in [1.807, 2.05) is 0 Å². The van der Waals surface area contributed by atoms with E-state index in [4.69, 9.17) is 16.6 Å². The summed E-state index contributed by atoms with van der Waals surface area (Å²) in [4.78, 5) is 26.0. The number of hydrogen-bond donors (Lipinski definition) is 0. The Morgan fingerprint density at radius 1 is 1.32 bits per heavy atom.